The van der Waals surface area contributed by atoms with Crippen LogP contribution in [0.15, 0.2) is 12.4 Å². The first-order valence-electron chi connectivity index (χ1n) is 5.89. The SMILES string of the molecule is CCCc1nc(Cl)cc(NCCc2ncn[nH]2)n1. The number of rotatable bonds is 6. The summed E-state index contributed by atoms with van der Waals surface area (Å²) in [4.78, 5) is 12.6. The van der Waals surface area contributed by atoms with Gasteiger partial charge in [0.15, 0.2) is 0 Å². The van der Waals surface area contributed by atoms with Crippen LogP contribution in [0.1, 0.15) is 25.0 Å². The Bertz CT molecular complexity index is 484. The van der Waals surface area contributed by atoms with E-state index in [1.54, 1.807) is 6.07 Å². The van der Waals surface area contributed by atoms with Gasteiger partial charge in [-0.3, -0.25) is 5.10 Å². The lowest BCUT2D eigenvalue weighted by Crippen LogP contribution is -2.09. The second kappa shape index (κ2) is 6.30. The van der Waals surface area contributed by atoms with Gasteiger partial charge in [0.1, 0.15) is 28.9 Å². The number of hydrogen-bond donors (Lipinski definition) is 2. The standard InChI is InChI=1S/C11H15ClN6/c1-2-3-10-16-8(12)6-11(17-10)13-5-4-9-14-7-15-18-9/h6-7H,2-5H2,1H3,(H,13,16,17)(H,14,15,18). The second-order valence-electron chi connectivity index (χ2n) is 3.85. The average molecular weight is 267 g/mol. The highest BCUT2D eigenvalue weighted by Crippen LogP contribution is 2.12. The van der Waals surface area contributed by atoms with E-state index < -0.39 is 0 Å². The first-order valence-corrected chi connectivity index (χ1v) is 6.27. The lowest BCUT2D eigenvalue weighted by Gasteiger charge is -2.06. The van der Waals surface area contributed by atoms with Gasteiger partial charge in [0.05, 0.1) is 0 Å². The molecule has 2 heterocycles. The summed E-state index contributed by atoms with van der Waals surface area (Å²) in [7, 11) is 0. The molecule has 2 rings (SSSR count). The number of nitrogens with one attached hydrogen (secondary N) is 2. The molecular formula is C11H15ClN6. The van der Waals surface area contributed by atoms with E-state index >= 15 is 0 Å². The quantitative estimate of drug-likeness (QED) is 0.780. The maximum Gasteiger partial charge on any atom is 0.137 e. The van der Waals surface area contributed by atoms with E-state index in [0.29, 0.717) is 11.7 Å². The minimum Gasteiger partial charge on any atom is -0.369 e. The molecule has 6 nitrogen and oxygen atoms in total. The Kier molecular flexibility index (Phi) is 4.46. The largest absolute Gasteiger partial charge is 0.369 e. The summed E-state index contributed by atoms with van der Waals surface area (Å²) in [5.41, 5.74) is 0. The number of aromatic nitrogens is 5. The van der Waals surface area contributed by atoms with Crippen LogP contribution in [0, 0.1) is 0 Å². The number of halogens is 1. The van der Waals surface area contributed by atoms with Crippen LogP contribution in [0.4, 0.5) is 5.82 Å². The van der Waals surface area contributed by atoms with Crippen LogP contribution >= 0.6 is 11.6 Å². The van der Waals surface area contributed by atoms with E-state index in [1.165, 1.54) is 6.33 Å². The van der Waals surface area contributed by atoms with Crippen molar-refractivity contribution in [3.63, 3.8) is 0 Å². The Balaban J connectivity index is 1.92. The van der Waals surface area contributed by atoms with Crippen LogP contribution in [0.25, 0.3) is 0 Å². The van der Waals surface area contributed by atoms with Gasteiger partial charge in [-0.1, -0.05) is 18.5 Å². The molecule has 0 aliphatic carbocycles. The molecule has 2 aromatic rings. The summed E-state index contributed by atoms with van der Waals surface area (Å²) >= 11 is 5.94. The highest BCUT2D eigenvalue weighted by atomic mass is 35.5. The summed E-state index contributed by atoms with van der Waals surface area (Å²) in [5, 5.41) is 10.3. The second-order valence-corrected chi connectivity index (χ2v) is 4.24. The predicted octanol–water partition coefficient (Wildman–Crippen LogP) is 1.86. The van der Waals surface area contributed by atoms with Gasteiger partial charge >= 0.3 is 0 Å². The smallest absolute Gasteiger partial charge is 0.137 e. The van der Waals surface area contributed by atoms with Crippen LogP contribution in [-0.4, -0.2) is 31.7 Å². The zero-order valence-electron chi connectivity index (χ0n) is 10.1. The van der Waals surface area contributed by atoms with Crippen molar-refractivity contribution in [1.82, 2.24) is 25.1 Å². The van der Waals surface area contributed by atoms with Gasteiger partial charge in [0, 0.05) is 25.5 Å². The van der Waals surface area contributed by atoms with Crippen LogP contribution in [0.5, 0.6) is 0 Å². The van der Waals surface area contributed by atoms with Crippen molar-refractivity contribution in [1.29, 1.82) is 0 Å². The minimum absolute atomic E-state index is 0.468. The predicted molar refractivity (Wildman–Crippen MR) is 69.6 cm³/mol. The van der Waals surface area contributed by atoms with Crippen LogP contribution in [-0.2, 0) is 12.8 Å². The van der Waals surface area contributed by atoms with Crippen LogP contribution < -0.4 is 5.32 Å². The van der Waals surface area contributed by atoms with Gasteiger partial charge < -0.3 is 5.32 Å². The van der Waals surface area contributed by atoms with Crippen molar-refractivity contribution in [2.45, 2.75) is 26.2 Å². The Morgan fingerprint density at radius 3 is 2.94 bits per heavy atom. The van der Waals surface area contributed by atoms with Gasteiger partial charge in [0.25, 0.3) is 0 Å². The summed E-state index contributed by atoms with van der Waals surface area (Å²) in [5.74, 6) is 2.36. The summed E-state index contributed by atoms with van der Waals surface area (Å²) in [6.45, 7) is 2.80. The first kappa shape index (κ1) is 12.8. The number of hydrogen-bond acceptors (Lipinski definition) is 5. The van der Waals surface area contributed by atoms with Gasteiger partial charge in [0.2, 0.25) is 0 Å². The van der Waals surface area contributed by atoms with Crippen LogP contribution in [0.3, 0.4) is 0 Å². The number of anilines is 1. The molecule has 0 saturated carbocycles. The molecule has 0 radical (unpaired) electrons. The van der Waals surface area contributed by atoms with E-state index in [2.05, 4.69) is 37.4 Å². The monoisotopic (exact) mass is 266 g/mol. The molecule has 0 bridgehead atoms. The van der Waals surface area contributed by atoms with Gasteiger partial charge in [-0.15, -0.1) is 0 Å². The Labute approximate surface area is 110 Å². The van der Waals surface area contributed by atoms with Gasteiger partial charge in [-0.25, -0.2) is 15.0 Å². The van der Waals surface area contributed by atoms with Crippen molar-refractivity contribution in [3.05, 3.63) is 29.2 Å². The molecular weight excluding hydrogens is 252 g/mol. The fourth-order valence-corrected chi connectivity index (χ4v) is 1.75. The number of aromatic amines is 1. The van der Waals surface area contributed by atoms with E-state index in [1.807, 2.05) is 0 Å². The molecule has 0 atom stereocenters. The van der Waals surface area contributed by atoms with E-state index in [4.69, 9.17) is 11.6 Å². The van der Waals surface area contributed by atoms with E-state index in [-0.39, 0.29) is 0 Å². The Morgan fingerprint density at radius 1 is 1.33 bits per heavy atom. The molecule has 0 aliphatic heterocycles. The maximum atomic E-state index is 5.94. The molecule has 0 aromatic carbocycles. The fraction of sp³-hybridized carbons (Fsp3) is 0.455. The molecule has 0 saturated heterocycles. The molecule has 0 amide bonds. The molecule has 96 valence electrons. The lowest BCUT2D eigenvalue weighted by molar-refractivity contribution is 0.830. The fourth-order valence-electron chi connectivity index (χ4n) is 1.55. The topological polar surface area (TPSA) is 79.4 Å². The molecule has 0 unspecified atom stereocenters. The number of aryl methyl sites for hydroxylation is 1. The third-order valence-electron chi connectivity index (χ3n) is 2.35. The Hall–Kier alpha value is -1.69. The van der Waals surface area contributed by atoms with E-state index in [9.17, 15) is 0 Å². The number of H-pyrrole nitrogens is 1. The maximum absolute atomic E-state index is 5.94. The van der Waals surface area contributed by atoms with Crippen molar-refractivity contribution in [2.24, 2.45) is 0 Å². The Morgan fingerprint density at radius 2 is 2.22 bits per heavy atom. The molecule has 18 heavy (non-hydrogen) atoms. The zero-order valence-corrected chi connectivity index (χ0v) is 10.9. The molecule has 0 spiro atoms. The third-order valence-corrected chi connectivity index (χ3v) is 2.54. The molecule has 2 N–H and O–H groups in total. The molecule has 0 aliphatic rings. The zero-order chi connectivity index (χ0) is 12.8. The normalized spacial score (nSPS) is 10.6. The van der Waals surface area contributed by atoms with Crippen molar-refractivity contribution in [3.8, 4) is 0 Å². The molecule has 7 heteroatoms. The van der Waals surface area contributed by atoms with Crippen molar-refractivity contribution in [2.75, 3.05) is 11.9 Å². The van der Waals surface area contributed by atoms with Crippen molar-refractivity contribution >= 4 is 17.4 Å². The van der Waals surface area contributed by atoms with E-state index in [0.717, 1.165) is 36.7 Å². The molecule has 0 fully saturated rings. The van der Waals surface area contributed by atoms with Crippen molar-refractivity contribution < 1.29 is 0 Å². The minimum atomic E-state index is 0.468. The van der Waals surface area contributed by atoms with Gasteiger partial charge in [-0.05, 0) is 6.42 Å². The lowest BCUT2D eigenvalue weighted by atomic mass is 10.3. The summed E-state index contributed by atoms with van der Waals surface area (Å²) in [6.07, 6.45) is 4.08. The highest BCUT2D eigenvalue weighted by molar-refractivity contribution is 6.29. The molecule has 2 aromatic heterocycles. The van der Waals surface area contributed by atoms with Gasteiger partial charge in [-0.2, -0.15) is 5.10 Å². The number of nitrogens with zero attached hydrogens (tertiary/aromatic N) is 4. The third kappa shape index (κ3) is 3.66. The highest BCUT2D eigenvalue weighted by Gasteiger charge is 2.03. The average Bonchev–Trinajstić information content (AvgIpc) is 2.82. The van der Waals surface area contributed by atoms with Crippen LogP contribution in [0.2, 0.25) is 5.15 Å². The summed E-state index contributed by atoms with van der Waals surface area (Å²) < 4.78 is 0. The summed E-state index contributed by atoms with van der Waals surface area (Å²) in [6, 6.07) is 1.72. The first-order chi connectivity index (χ1) is 8.78.